The quantitative estimate of drug-likeness (QED) is 0.591. The van der Waals surface area contributed by atoms with E-state index in [4.69, 9.17) is 0 Å². The van der Waals surface area contributed by atoms with Crippen molar-refractivity contribution in [3.63, 3.8) is 0 Å². The predicted octanol–water partition coefficient (Wildman–Crippen LogP) is 4.30. The van der Waals surface area contributed by atoms with Crippen LogP contribution in [0, 0.1) is 0 Å². The predicted molar refractivity (Wildman–Crippen MR) is 114 cm³/mol. The summed E-state index contributed by atoms with van der Waals surface area (Å²) >= 11 is 3.36. The zero-order valence-electron chi connectivity index (χ0n) is 15.3. The minimum Gasteiger partial charge on any atom is -0.324 e. The van der Waals surface area contributed by atoms with E-state index >= 15 is 0 Å². The van der Waals surface area contributed by atoms with Gasteiger partial charge in [-0.2, -0.15) is 0 Å². The van der Waals surface area contributed by atoms with Crippen molar-refractivity contribution in [3.05, 3.63) is 100 Å². The first-order valence-corrected chi connectivity index (χ1v) is 9.91. The zero-order chi connectivity index (χ0) is 20.4. The number of anilines is 1. The summed E-state index contributed by atoms with van der Waals surface area (Å²) in [6.07, 6.45) is 0.231. The Hall–Kier alpha value is -3.25. The number of carbonyl (C=O) groups is 3. The number of fused-ring (bicyclic) bond motifs is 1. The van der Waals surface area contributed by atoms with Gasteiger partial charge in [0.05, 0.1) is 11.1 Å². The minimum absolute atomic E-state index is 0.231. The van der Waals surface area contributed by atoms with E-state index in [9.17, 15) is 14.4 Å². The van der Waals surface area contributed by atoms with Gasteiger partial charge in [0.15, 0.2) is 0 Å². The highest BCUT2D eigenvalue weighted by molar-refractivity contribution is 9.10. The summed E-state index contributed by atoms with van der Waals surface area (Å²) in [4.78, 5) is 40.2. The average molecular weight is 449 g/mol. The molecule has 29 heavy (non-hydrogen) atoms. The molecule has 1 heterocycles. The summed E-state index contributed by atoms with van der Waals surface area (Å²) in [5, 5.41) is 2.83. The van der Waals surface area contributed by atoms with Gasteiger partial charge < -0.3 is 5.32 Å². The van der Waals surface area contributed by atoms with Crippen molar-refractivity contribution in [3.8, 4) is 0 Å². The molecule has 0 aliphatic carbocycles. The Bertz CT molecular complexity index is 1050. The monoisotopic (exact) mass is 448 g/mol. The molecule has 0 bridgehead atoms. The first kappa shape index (κ1) is 19.1. The number of imide groups is 1. The van der Waals surface area contributed by atoms with Crippen LogP contribution in [0.4, 0.5) is 5.69 Å². The van der Waals surface area contributed by atoms with Crippen molar-refractivity contribution in [2.45, 2.75) is 12.5 Å². The van der Waals surface area contributed by atoms with Crippen LogP contribution < -0.4 is 5.32 Å². The van der Waals surface area contributed by atoms with Crippen LogP contribution in [0.25, 0.3) is 0 Å². The lowest BCUT2D eigenvalue weighted by Crippen LogP contribution is -2.48. The molecular weight excluding hydrogens is 432 g/mol. The van der Waals surface area contributed by atoms with Crippen LogP contribution in [0.5, 0.6) is 0 Å². The van der Waals surface area contributed by atoms with E-state index in [0.717, 1.165) is 14.9 Å². The first-order valence-electron chi connectivity index (χ1n) is 9.12. The zero-order valence-corrected chi connectivity index (χ0v) is 16.9. The van der Waals surface area contributed by atoms with Crippen LogP contribution in [0.3, 0.4) is 0 Å². The molecule has 4 rings (SSSR count). The smallest absolute Gasteiger partial charge is 0.262 e. The van der Waals surface area contributed by atoms with Crippen LogP contribution in [0.1, 0.15) is 26.3 Å². The molecule has 1 atom stereocenters. The van der Waals surface area contributed by atoms with E-state index in [1.807, 2.05) is 42.5 Å². The third kappa shape index (κ3) is 3.84. The van der Waals surface area contributed by atoms with Crippen LogP contribution in [-0.2, 0) is 11.2 Å². The SMILES string of the molecule is O=C(Nc1ccc(Br)cc1)[C@@H](Cc1ccccc1)N1C(=O)c2ccccc2C1=O. The van der Waals surface area contributed by atoms with Crippen LogP contribution in [0.15, 0.2) is 83.3 Å². The lowest BCUT2D eigenvalue weighted by atomic mass is 10.0. The van der Waals surface area contributed by atoms with Crippen molar-refractivity contribution in [2.75, 3.05) is 5.32 Å². The van der Waals surface area contributed by atoms with Gasteiger partial charge in [0.2, 0.25) is 5.91 Å². The maximum absolute atomic E-state index is 13.2. The standard InChI is InChI=1S/C23H17BrN2O3/c24-16-10-12-17(13-11-16)25-21(27)20(14-15-6-2-1-3-7-15)26-22(28)18-8-4-5-9-19(18)23(26)29/h1-13,20H,14H2,(H,25,27)/t20-/m1/s1. The lowest BCUT2D eigenvalue weighted by Gasteiger charge is -2.25. The molecule has 0 spiro atoms. The Labute approximate surface area is 176 Å². The Morgan fingerprint density at radius 3 is 1.97 bits per heavy atom. The number of nitrogens with one attached hydrogen (secondary N) is 1. The highest BCUT2D eigenvalue weighted by atomic mass is 79.9. The number of hydrogen-bond acceptors (Lipinski definition) is 3. The van der Waals surface area contributed by atoms with Crippen molar-refractivity contribution in [1.29, 1.82) is 0 Å². The van der Waals surface area contributed by atoms with Gasteiger partial charge in [0.25, 0.3) is 11.8 Å². The normalized spacial score (nSPS) is 13.9. The number of hydrogen-bond donors (Lipinski definition) is 1. The fraction of sp³-hybridized carbons (Fsp3) is 0.0870. The topological polar surface area (TPSA) is 66.5 Å². The van der Waals surface area contributed by atoms with Crippen LogP contribution >= 0.6 is 15.9 Å². The molecule has 0 saturated heterocycles. The molecule has 0 fully saturated rings. The molecule has 3 aromatic carbocycles. The van der Waals surface area contributed by atoms with Crippen LogP contribution in [-0.4, -0.2) is 28.7 Å². The fourth-order valence-electron chi connectivity index (χ4n) is 3.39. The molecule has 0 unspecified atom stereocenters. The molecule has 0 radical (unpaired) electrons. The number of halogens is 1. The van der Waals surface area contributed by atoms with Crippen molar-refractivity contribution >= 4 is 39.3 Å². The summed E-state index contributed by atoms with van der Waals surface area (Å²) < 4.78 is 0.886. The molecule has 1 aliphatic heterocycles. The summed E-state index contributed by atoms with van der Waals surface area (Å²) in [6, 6.07) is 22.2. The second-order valence-electron chi connectivity index (χ2n) is 6.73. The Morgan fingerprint density at radius 2 is 1.38 bits per heavy atom. The fourth-order valence-corrected chi connectivity index (χ4v) is 3.65. The van der Waals surface area contributed by atoms with Gasteiger partial charge >= 0.3 is 0 Å². The maximum atomic E-state index is 13.2. The summed E-state index contributed by atoms with van der Waals surface area (Å²) in [5.74, 6) is -1.30. The summed E-state index contributed by atoms with van der Waals surface area (Å²) in [7, 11) is 0. The first-order chi connectivity index (χ1) is 14.0. The maximum Gasteiger partial charge on any atom is 0.262 e. The van der Waals surface area contributed by atoms with Gasteiger partial charge in [0.1, 0.15) is 6.04 Å². The van der Waals surface area contributed by atoms with E-state index in [0.29, 0.717) is 16.8 Å². The number of nitrogens with zero attached hydrogens (tertiary/aromatic N) is 1. The molecule has 6 heteroatoms. The average Bonchev–Trinajstić information content (AvgIpc) is 2.99. The van der Waals surface area contributed by atoms with Gasteiger partial charge in [0, 0.05) is 16.6 Å². The number of amides is 3. The molecule has 3 amide bonds. The Kier molecular flexibility index (Phi) is 5.27. The largest absolute Gasteiger partial charge is 0.324 e. The van der Waals surface area contributed by atoms with Gasteiger partial charge in [-0.05, 0) is 42.0 Å². The van der Waals surface area contributed by atoms with Crippen LogP contribution in [0.2, 0.25) is 0 Å². The molecule has 0 saturated carbocycles. The minimum atomic E-state index is -0.964. The second kappa shape index (κ2) is 8.01. The van der Waals surface area contributed by atoms with Gasteiger partial charge in [-0.1, -0.05) is 58.4 Å². The Morgan fingerprint density at radius 1 is 0.828 bits per heavy atom. The summed E-state index contributed by atoms with van der Waals surface area (Å²) in [5.41, 5.74) is 2.10. The van der Waals surface area contributed by atoms with E-state index < -0.39 is 23.8 Å². The van der Waals surface area contributed by atoms with E-state index in [1.165, 1.54) is 0 Å². The van der Waals surface area contributed by atoms with Crippen molar-refractivity contribution in [1.82, 2.24) is 4.90 Å². The third-order valence-electron chi connectivity index (χ3n) is 4.82. The van der Waals surface area contributed by atoms with Crippen molar-refractivity contribution < 1.29 is 14.4 Å². The molecule has 3 aromatic rings. The highest BCUT2D eigenvalue weighted by Crippen LogP contribution is 2.27. The second-order valence-corrected chi connectivity index (χ2v) is 7.64. The van der Waals surface area contributed by atoms with Gasteiger partial charge in [-0.3, -0.25) is 19.3 Å². The molecule has 5 nitrogen and oxygen atoms in total. The summed E-state index contributed by atoms with van der Waals surface area (Å²) in [6.45, 7) is 0. The van der Waals surface area contributed by atoms with Gasteiger partial charge in [-0.15, -0.1) is 0 Å². The van der Waals surface area contributed by atoms with Crippen molar-refractivity contribution in [2.24, 2.45) is 0 Å². The number of benzene rings is 3. The highest BCUT2D eigenvalue weighted by Gasteiger charge is 2.42. The molecule has 1 N–H and O–H groups in total. The lowest BCUT2D eigenvalue weighted by molar-refractivity contribution is -0.119. The van der Waals surface area contributed by atoms with E-state index in [-0.39, 0.29) is 6.42 Å². The Balaban J connectivity index is 1.67. The van der Waals surface area contributed by atoms with Gasteiger partial charge in [-0.25, -0.2) is 0 Å². The molecular formula is C23H17BrN2O3. The van der Waals surface area contributed by atoms with E-state index in [1.54, 1.807) is 36.4 Å². The number of rotatable bonds is 5. The third-order valence-corrected chi connectivity index (χ3v) is 5.35. The molecule has 144 valence electrons. The number of carbonyl (C=O) groups excluding carboxylic acids is 3. The molecule has 0 aromatic heterocycles. The molecule has 1 aliphatic rings. The van der Waals surface area contributed by atoms with E-state index in [2.05, 4.69) is 21.2 Å².